The lowest BCUT2D eigenvalue weighted by atomic mass is 9.45. The monoisotopic (exact) mass is 412 g/mol. The van der Waals surface area contributed by atoms with Gasteiger partial charge in [-0.1, -0.05) is 31.6 Å². The molecule has 0 heterocycles. The predicted molar refractivity (Wildman–Crippen MR) is 120 cm³/mol. The summed E-state index contributed by atoms with van der Waals surface area (Å²) in [5, 5.41) is 0. The molecule has 0 aromatic heterocycles. The Hall–Kier alpha value is -1.38. The highest BCUT2D eigenvalue weighted by molar-refractivity contribution is 5.91. The van der Waals surface area contributed by atoms with Gasteiger partial charge in [0.25, 0.3) is 0 Å². The first-order chi connectivity index (χ1) is 14.2. The van der Waals surface area contributed by atoms with Crippen molar-refractivity contribution in [2.24, 2.45) is 46.3 Å². The molecule has 0 N–H and O–H groups in total. The van der Waals surface area contributed by atoms with Gasteiger partial charge in [-0.25, -0.2) is 0 Å². The molecule has 166 valence electrons. The fourth-order valence-corrected chi connectivity index (χ4v) is 8.28. The molecule has 3 heteroatoms. The highest BCUT2D eigenvalue weighted by Gasteiger charge is 2.61. The fraction of sp³-hybridized carbons (Fsp3) is 0.778. The average molecular weight is 413 g/mol. The topological polar surface area (TPSA) is 43.4 Å². The highest BCUT2D eigenvalue weighted by Crippen LogP contribution is 2.67. The maximum absolute atomic E-state index is 12.8. The fourth-order valence-electron chi connectivity index (χ4n) is 8.28. The van der Waals surface area contributed by atoms with Gasteiger partial charge in [-0.3, -0.25) is 9.59 Å². The molecule has 8 atom stereocenters. The minimum atomic E-state index is -0.0223. The molecule has 0 aromatic rings. The number of rotatable bonds is 4. The summed E-state index contributed by atoms with van der Waals surface area (Å²) in [5.74, 6) is 3.34. The maximum Gasteiger partial charge on any atom is 0.309 e. The molecule has 3 fully saturated rings. The Balaban J connectivity index is 1.60. The van der Waals surface area contributed by atoms with Crippen molar-refractivity contribution in [1.29, 1.82) is 0 Å². The van der Waals surface area contributed by atoms with Crippen LogP contribution in [0.2, 0.25) is 0 Å². The second-order valence-electron chi connectivity index (χ2n) is 11.4. The van der Waals surface area contributed by atoms with E-state index in [2.05, 4.69) is 39.8 Å². The van der Waals surface area contributed by atoms with Crippen molar-refractivity contribution in [2.45, 2.75) is 79.1 Å². The van der Waals surface area contributed by atoms with E-state index in [1.807, 2.05) is 6.08 Å². The van der Waals surface area contributed by atoms with Crippen molar-refractivity contribution in [1.82, 2.24) is 0 Å². The van der Waals surface area contributed by atoms with E-state index in [-0.39, 0.29) is 22.7 Å². The molecule has 0 radical (unpaired) electrons. The summed E-state index contributed by atoms with van der Waals surface area (Å²) >= 11 is 0. The smallest absolute Gasteiger partial charge is 0.309 e. The lowest BCUT2D eigenvalue weighted by Gasteiger charge is -2.59. The van der Waals surface area contributed by atoms with Crippen LogP contribution in [0.25, 0.3) is 0 Å². The van der Waals surface area contributed by atoms with Crippen LogP contribution in [0.1, 0.15) is 79.1 Å². The second-order valence-corrected chi connectivity index (χ2v) is 11.4. The number of allylic oxidation sites excluding steroid dienone is 4. The second kappa shape index (κ2) is 7.95. The Morgan fingerprint density at radius 3 is 2.63 bits per heavy atom. The van der Waals surface area contributed by atoms with Gasteiger partial charge < -0.3 is 4.74 Å². The van der Waals surface area contributed by atoms with E-state index in [1.165, 1.54) is 37.7 Å². The Labute approximate surface area is 182 Å². The Kier molecular flexibility index (Phi) is 5.79. The Morgan fingerprint density at radius 2 is 1.93 bits per heavy atom. The third kappa shape index (κ3) is 3.41. The van der Waals surface area contributed by atoms with Crippen LogP contribution >= 0.6 is 0 Å². The summed E-state index contributed by atoms with van der Waals surface area (Å²) in [5.41, 5.74) is 1.68. The summed E-state index contributed by atoms with van der Waals surface area (Å²) in [6.07, 6.45) is 15.2. The summed E-state index contributed by atoms with van der Waals surface area (Å²) in [4.78, 5) is 24.8. The first kappa shape index (κ1) is 21.8. The summed E-state index contributed by atoms with van der Waals surface area (Å²) in [6, 6.07) is 0. The van der Waals surface area contributed by atoms with Crippen molar-refractivity contribution < 1.29 is 14.3 Å². The van der Waals surface area contributed by atoms with Crippen LogP contribution < -0.4 is 0 Å². The molecule has 4 aliphatic carbocycles. The SMILES string of the molecule is COC(=O)[C@H](CC=C(C)C)[C@H]1CC[C@H]2[C@@H]3CC[C@H]4CC(=O)C=C[C@]4(C)[C@H]3CC[C@]12C. The number of carbonyl (C=O) groups excluding carboxylic acids is 2. The number of fused-ring (bicyclic) bond motifs is 5. The van der Waals surface area contributed by atoms with Gasteiger partial charge >= 0.3 is 5.97 Å². The molecular weight excluding hydrogens is 372 g/mol. The Morgan fingerprint density at radius 1 is 1.17 bits per heavy atom. The summed E-state index contributed by atoms with van der Waals surface area (Å²) in [6.45, 7) is 9.14. The third-order valence-electron chi connectivity index (χ3n) is 9.88. The van der Waals surface area contributed by atoms with Crippen molar-refractivity contribution >= 4 is 11.8 Å². The van der Waals surface area contributed by atoms with Gasteiger partial charge in [0.2, 0.25) is 0 Å². The van der Waals surface area contributed by atoms with Gasteiger partial charge in [-0.15, -0.1) is 0 Å². The van der Waals surface area contributed by atoms with Gasteiger partial charge in [0.05, 0.1) is 13.0 Å². The van der Waals surface area contributed by atoms with Gasteiger partial charge in [0.15, 0.2) is 5.78 Å². The van der Waals surface area contributed by atoms with Gasteiger partial charge in [-0.2, -0.15) is 0 Å². The number of ketones is 1. The quantitative estimate of drug-likeness (QED) is 0.412. The zero-order chi connectivity index (χ0) is 21.7. The van der Waals surface area contributed by atoms with E-state index in [4.69, 9.17) is 4.74 Å². The van der Waals surface area contributed by atoms with Crippen LogP contribution in [0.5, 0.6) is 0 Å². The third-order valence-corrected chi connectivity index (χ3v) is 9.88. The van der Waals surface area contributed by atoms with E-state index in [1.54, 1.807) is 7.11 Å². The van der Waals surface area contributed by atoms with E-state index >= 15 is 0 Å². The van der Waals surface area contributed by atoms with Crippen LogP contribution in [-0.2, 0) is 14.3 Å². The van der Waals surface area contributed by atoms with Crippen molar-refractivity contribution in [3.05, 3.63) is 23.8 Å². The normalized spacial score (nSPS) is 43.2. The molecule has 0 saturated heterocycles. The lowest BCUT2D eigenvalue weighted by Crippen LogP contribution is -2.53. The summed E-state index contributed by atoms with van der Waals surface area (Å²) < 4.78 is 5.28. The van der Waals surface area contributed by atoms with Crippen molar-refractivity contribution in [3.8, 4) is 0 Å². The highest BCUT2D eigenvalue weighted by atomic mass is 16.5. The van der Waals surface area contributed by atoms with Crippen LogP contribution in [-0.4, -0.2) is 18.9 Å². The van der Waals surface area contributed by atoms with E-state index in [9.17, 15) is 9.59 Å². The van der Waals surface area contributed by atoms with E-state index < -0.39 is 0 Å². The molecule has 3 nitrogen and oxygen atoms in total. The molecule has 0 unspecified atom stereocenters. The Bertz CT molecular complexity index is 760. The number of hydrogen-bond donors (Lipinski definition) is 0. The lowest BCUT2D eigenvalue weighted by molar-refractivity contribution is -0.151. The summed E-state index contributed by atoms with van der Waals surface area (Å²) in [7, 11) is 1.54. The predicted octanol–water partition coefficient (Wildman–Crippen LogP) is 6.14. The van der Waals surface area contributed by atoms with Crippen LogP contribution in [0.15, 0.2) is 23.8 Å². The minimum Gasteiger partial charge on any atom is -0.469 e. The number of esters is 1. The largest absolute Gasteiger partial charge is 0.469 e. The molecule has 4 aliphatic rings. The number of carbonyl (C=O) groups is 2. The molecule has 0 aliphatic heterocycles. The molecule has 30 heavy (non-hydrogen) atoms. The number of hydrogen-bond acceptors (Lipinski definition) is 3. The van der Waals surface area contributed by atoms with Crippen LogP contribution in [0, 0.1) is 46.3 Å². The van der Waals surface area contributed by atoms with Gasteiger partial charge in [-0.05, 0) is 105 Å². The van der Waals surface area contributed by atoms with Crippen LogP contribution in [0.3, 0.4) is 0 Å². The standard InChI is InChI=1S/C27H40O3/c1-17(2)6-8-21(25(29)30-5)23-11-10-22-20-9-7-18-16-19(28)12-14-26(18,3)24(20)13-15-27(22,23)4/h6,12,14,18,20-24H,7-11,13,15-16H2,1-5H3/t18-,20-,21+,22-,23+,24-,26-,27-/m0/s1. The molecule has 3 saturated carbocycles. The van der Waals surface area contributed by atoms with Crippen molar-refractivity contribution in [2.75, 3.05) is 7.11 Å². The molecular formula is C27H40O3. The first-order valence-electron chi connectivity index (χ1n) is 12.1. The minimum absolute atomic E-state index is 0.0180. The molecule has 0 spiro atoms. The van der Waals surface area contributed by atoms with Crippen LogP contribution in [0.4, 0.5) is 0 Å². The van der Waals surface area contributed by atoms with E-state index in [0.717, 1.165) is 25.2 Å². The van der Waals surface area contributed by atoms with E-state index in [0.29, 0.717) is 29.5 Å². The molecule has 0 aromatic carbocycles. The van der Waals surface area contributed by atoms with Gasteiger partial charge in [0.1, 0.15) is 0 Å². The zero-order valence-electron chi connectivity index (χ0n) is 19.6. The average Bonchev–Trinajstić information content (AvgIpc) is 3.05. The number of ether oxygens (including phenoxy) is 1. The molecule has 4 rings (SSSR count). The first-order valence-corrected chi connectivity index (χ1v) is 12.1. The molecule has 0 amide bonds. The van der Waals surface area contributed by atoms with Gasteiger partial charge in [0, 0.05) is 6.42 Å². The molecule has 0 bridgehead atoms. The zero-order valence-corrected chi connectivity index (χ0v) is 19.6. The number of methoxy groups -OCH3 is 1. The van der Waals surface area contributed by atoms with Crippen molar-refractivity contribution in [3.63, 3.8) is 0 Å². The maximum atomic E-state index is 12.8.